The lowest BCUT2D eigenvalue weighted by molar-refractivity contribution is -0.128. The van der Waals surface area contributed by atoms with E-state index >= 15 is 0 Å². The van der Waals surface area contributed by atoms with Crippen LogP contribution in [-0.2, 0) is 14.8 Å². The Bertz CT molecular complexity index is 317. The summed E-state index contributed by atoms with van der Waals surface area (Å²) in [5, 5.41) is 2.76. The van der Waals surface area contributed by atoms with Crippen molar-refractivity contribution in [3.05, 3.63) is 0 Å². The predicted molar refractivity (Wildman–Crippen MR) is 53.2 cm³/mol. The van der Waals surface area contributed by atoms with Crippen LogP contribution in [0.5, 0.6) is 0 Å². The zero-order valence-corrected chi connectivity index (χ0v) is 9.47. The standard InChI is InChI=1S/C8H16N2O3S/c1-6(2)9-8(11)7-4-10(5-7)14(3,12)13/h6-7H,4-5H2,1-3H3,(H,9,11). The summed E-state index contributed by atoms with van der Waals surface area (Å²) < 4.78 is 23.3. The minimum Gasteiger partial charge on any atom is -0.354 e. The van der Waals surface area contributed by atoms with Gasteiger partial charge in [0.1, 0.15) is 0 Å². The molecule has 5 nitrogen and oxygen atoms in total. The van der Waals surface area contributed by atoms with Gasteiger partial charge in [0.15, 0.2) is 0 Å². The second kappa shape index (κ2) is 3.86. The predicted octanol–water partition coefficient (Wildman–Crippen LogP) is -0.598. The van der Waals surface area contributed by atoms with E-state index in [2.05, 4.69) is 5.32 Å². The summed E-state index contributed by atoms with van der Waals surface area (Å²) in [6.07, 6.45) is 1.16. The van der Waals surface area contributed by atoms with Crippen molar-refractivity contribution in [1.82, 2.24) is 9.62 Å². The summed E-state index contributed by atoms with van der Waals surface area (Å²) >= 11 is 0. The van der Waals surface area contributed by atoms with E-state index in [9.17, 15) is 13.2 Å². The van der Waals surface area contributed by atoms with Gasteiger partial charge in [-0.3, -0.25) is 4.79 Å². The maximum absolute atomic E-state index is 11.4. The fourth-order valence-electron chi connectivity index (χ4n) is 1.28. The maximum atomic E-state index is 11.4. The van der Waals surface area contributed by atoms with Gasteiger partial charge in [-0.1, -0.05) is 0 Å². The van der Waals surface area contributed by atoms with Gasteiger partial charge in [0.2, 0.25) is 15.9 Å². The van der Waals surface area contributed by atoms with Gasteiger partial charge >= 0.3 is 0 Å². The van der Waals surface area contributed by atoms with E-state index in [1.165, 1.54) is 4.31 Å². The monoisotopic (exact) mass is 220 g/mol. The Kier molecular flexibility index (Phi) is 3.16. The number of rotatable bonds is 3. The molecule has 0 saturated carbocycles. The van der Waals surface area contributed by atoms with Crippen LogP contribution < -0.4 is 5.32 Å². The van der Waals surface area contributed by atoms with E-state index in [0.29, 0.717) is 13.1 Å². The lowest BCUT2D eigenvalue weighted by atomic mass is 10.0. The second-order valence-corrected chi connectivity index (χ2v) is 5.92. The molecule has 0 bridgehead atoms. The van der Waals surface area contributed by atoms with E-state index in [1.807, 2.05) is 13.8 Å². The van der Waals surface area contributed by atoms with Crippen LogP contribution in [0.1, 0.15) is 13.8 Å². The second-order valence-electron chi connectivity index (χ2n) is 3.94. The lowest BCUT2D eigenvalue weighted by Crippen LogP contribution is -2.56. The van der Waals surface area contributed by atoms with E-state index in [1.54, 1.807) is 0 Å². The first kappa shape index (κ1) is 11.5. The highest BCUT2D eigenvalue weighted by Crippen LogP contribution is 2.18. The molecular weight excluding hydrogens is 204 g/mol. The molecule has 0 aliphatic carbocycles. The molecule has 1 N–H and O–H groups in total. The largest absolute Gasteiger partial charge is 0.354 e. The van der Waals surface area contributed by atoms with Crippen molar-refractivity contribution in [2.75, 3.05) is 19.3 Å². The maximum Gasteiger partial charge on any atom is 0.225 e. The highest BCUT2D eigenvalue weighted by Gasteiger charge is 2.37. The van der Waals surface area contributed by atoms with Gasteiger partial charge in [-0.05, 0) is 13.8 Å². The number of nitrogens with one attached hydrogen (secondary N) is 1. The lowest BCUT2D eigenvalue weighted by Gasteiger charge is -2.36. The fraction of sp³-hybridized carbons (Fsp3) is 0.875. The van der Waals surface area contributed by atoms with Crippen LogP contribution in [0.3, 0.4) is 0 Å². The molecule has 1 aliphatic heterocycles. The number of amides is 1. The van der Waals surface area contributed by atoms with E-state index in [0.717, 1.165) is 6.26 Å². The quantitative estimate of drug-likeness (QED) is 0.691. The molecule has 0 aromatic carbocycles. The van der Waals surface area contributed by atoms with Crippen molar-refractivity contribution in [3.8, 4) is 0 Å². The highest BCUT2D eigenvalue weighted by atomic mass is 32.2. The van der Waals surface area contributed by atoms with Gasteiger partial charge in [0, 0.05) is 19.1 Å². The molecule has 14 heavy (non-hydrogen) atoms. The van der Waals surface area contributed by atoms with Crippen molar-refractivity contribution >= 4 is 15.9 Å². The first-order valence-corrected chi connectivity index (χ1v) is 6.41. The SMILES string of the molecule is CC(C)NC(=O)C1CN(S(C)(=O)=O)C1. The first-order valence-electron chi connectivity index (χ1n) is 4.56. The molecule has 1 heterocycles. The number of sulfonamides is 1. The Labute approximate surface area is 84.5 Å². The Morgan fingerprint density at radius 1 is 1.43 bits per heavy atom. The molecule has 0 aromatic heterocycles. The third kappa shape index (κ3) is 2.68. The normalized spacial score (nSPS) is 19.4. The fourth-order valence-corrected chi connectivity index (χ4v) is 2.18. The number of nitrogens with zero attached hydrogens (tertiary/aromatic N) is 1. The van der Waals surface area contributed by atoms with Crippen molar-refractivity contribution in [2.45, 2.75) is 19.9 Å². The molecule has 1 amide bonds. The number of carbonyl (C=O) groups excluding carboxylic acids is 1. The van der Waals surface area contributed by atoms with Gasteiger partial charge < -0.3 is 5.32 Å². The average Bonchev–Trinajstić information content (AvgIpc) is 1.75. The molecule has 0 spiro atoms. The Morgan fingerprint density at radius 2 is 1.93 bits per heavy atom. The first-order chi connectivity index (χ1) is 6.30. The van der Waals surface area contributed by atoms with Crippen LogP contribution in [0.4, 0.5) is 0 Å². The average molecular weight is 220 g/mol. The van der Waals surface area contributed by atoms with Crippen LogP contribution in [0.25, 0.3) is 0 Å². The minimum absolute atomic E-state index is 0.0556. The summed E-state index contributed by atoms with van der Waals surface area (Å²) in [6, 6.07) is 0.106. The van der Waals surface area contributed by atoms with Crippen molar-refractivity contribution in [2.24, 2.45) is 5.92 Å². The van der Waals surface area contributed by atoms with Crippen molar-refractivity contribution in [1.29, 1.82) is 0 Å². The molecule has 6 heteroatoms. The molecule has 1 saturated heterocycles. The molecule has 1 fully saturated rings. The van der Waals surface area contributed by atoms with Gasteiger partial charge in [-0.25, -0.2) is 12.7 Å². The molecular formula is C8H16N2O3S. The zero-order chi connectivity index (χ0) is 10.9. The van der Waals surface area contributed by atoms with Gasteiger partial charge in [-0.15, -0.1) is 0 Å². The minimum atomic E-state index is -3.11. The molecule has 1 aliphatic rings. The van der Waals surface area contributed by atoms with Crippen LogP contribution in [0.15, 0.2) is 0 Å². The van der Waals surface area contributed by atoms with E-state index < -0.39 is 10.0 Å². The molecule has 0 radical (unpaired) electrons. The smallest absolute Gasteiger partial charge is 0.225 e. The van der Waals surface area contributed by atoms with Crippen molar-refractivity contribution < 1.29 is 13.2 Å². The third-order valence-electron chi connectivity index (χ3n) is 2.12. The molecule has 0 atom stereocenters. The summed E-state index contributed by atoms with van der Waals surface area (Å²) in [5.41, 5.74) is 0. The number of hydrogen-bond donors (Lipinski definition) is 1. The third-order valence-corrected chi connectivity index (χ3v) is 3.35. The summed E-state index contributed by atoms with van der Waals surface area (Å²) in [4.78, 5) is 11.4. The van der Waals surface area contributed by atoms with Crippen molar-refractivity contribution in [3.63, 3.8) is 0 Å². The highest BCUT2D eigenvalue weighted by molar-refractivity contribution is 7.88. The van der Waals surface area contributed by atoms with E-state index in [-0.39, 0.29) is 17.9 Å². The number of hydrogen-bond acceptors (Lipinski definition) is 3. The molecule has 1 rings (SSSR count). The van der Waals surface area contributed by atoms with Gasteiger partial charge in [-0.2, -0.15) is 0 Å². The topological polar surface area (TPSA) is 66.5 Å². The molecule has 0 unspecified atom stereocenters. The number of carbonyl (C=O) groups is 1. The molecule has 82 valence electrons. The Balaban J connectivity index is 2.38. The zero-order valence-electron chi connectivity index (χ0n) is 8.65. The molecule has 0 aromatic rings. The summed E-state index contributed by atoms with van der Waals surface area (Å²) in [6.45, 7) is 4.39. The summed E-state index contributed by atoms with van der Waals surface area (Å²) in [7, 11) is -3.11. The van der Waals surface area contributed by atoms with Crippen LogP contribution >= 0.6 is 0 Å². The van der Waals surface area contributed by atoms with Crippen LogP contribution in [0, 0.1) is 5.92 Å². The Hall–Kier alpha value is -0.620. The van der Waals surface area contributed by atoms with Gasteiger partial charge in [0.05, 0.1) is 12.2 Å². The van der Waals surface area contributed by atoms with Crippen LogP contribution in [-0.4, -0.2) is 44.0 Å². The van der Waals surface area contributed by atoms with Gasteiger partial charge in [0.25, 0.3) is 0 Å². The van der Waals surface area contributed by atoms with Crippen LogP contribution in [0.2, 0.25) is 0 Å². The van der Waals surface area contributed by atoms with E-state index in [4.69, 9.17) is 0 Å². The summed E-state index contributed by atoms with van der Waals surface area (Å²) in [5.74, 6) is -0.230. The Morgan fingerprint density at radius 3 is 2.29 bits per heavy atom.